The third-order valence-corrected chi connectivity index (χ3v) is 5.07. The number of hydrogen-bond acceptors (Lipinski definition) is 3. The first kappa shape index (κ1) is 18.9. The van der Waals surface area contributed by atoms with E-state index >= 15 is 0 Å². The number of fused-ring (bicyclic) bond motifs is 1. The van der Waals surface area contributed by atoms with Gasteiger partial charge < -0.3 is 14.7 Å². The van der Waals surface area contributed by atoms with Crippen molar-refractivity contribution in [2.45, 2.75) is 67.5 Å². The average molecular weight is 355 g/mol. The van der Waals surface area contributed by atoms with Crippen LogP contribution in [0.25, 0.3) is 0 Å². The number of ether oxygens (including phenoxy) is 2. The minimum Gasteiger partial charge on any atom is -0.618 e. The Kier molecular flexibility index (Phi) is 5.09. The Hall–Kier alpha value is -1.91. The maximum atomic E-state index is 12.6. The summed E-state index contributed by atoms with van der Waals surface area (Å²) in [4.78, 5) is 0. The predicted molar refractivity (Wildman–Crippen MR) is 102 cm³/mol. The van der Waals surface area contributed by atoms with Crippen LogP contribution in [0.4, 0.5) is 0 Å². The second-order valence-electron chi connectivity index (χ2n) is 8.50. The summed E-state index contributed by atoms with van der Waals surface area (Å²) < 4.78 is 12.8. The maximum absolute atomic E-state index is 12.6. The van der Waals surface area contributed by atoms with Gasteiger partial charge in [-0.05, 0) is 48.4 Å². The third kappa shape index (κ3) is 3.76. The number of rotatable bonds is 4. The summed E-state index contributed by atoms with van der Waals surface area (Å²) in [5.74, 6) is 0. The molecule has 0 unspecified atom stereocenters. The first-order valence-corrected chi connectivity index (χ1v) is 9.17. The Balaban J connectivity index is 1.92. The Bertz CT molecular complexity index is 798. The molecule has 0 fully saturated rings. The lowest BCUT2D eigenvalue weighted by Crippen LogP contribution is -2.38. The lowest BCUT2D eigenvalue weighted by Gasteiger charge is -2.30. The van der Waals surface area contributed by atoms with Crippen LogP contribution < -0.4 is 4.73 Å². The van der Waals surface area contributed by atoms with Crippen LogP contribution in [0.2, 0.25) is 0 Å². The molecule has 0 N–H and O–H groups in total. The second-order valence-corrected chi connectivity index (χ2v) is 8.50. The number of benzene rings is 1. The van der Waals surface area contributed by atoms with Gasteiger partial charge in [0.2, 0.25) is 5.69 Å². The van der Waals surface area contributed by atoms with E-state index in [1.807, 2.05) is 6.07 Å². The van der Waals surface area contributed by atoms with Crippen molar-refractivity contribution in [2.75, 3.05) is 0 Å². The number of hydrogen-bond donors (Lipinski definition) is 0. The summed E-state index contributed by atoms with van der Waals surface area (Å²) in [5.41, 5.74) is 7.43. The molecule has 3 rings (SSSR count). The van der Waals surface area contributed by atoms with Crippen LogP contribution in [-0.2, 0) is 29.3 Å². The predicted octanol–water partition coefficient (Wildman–Crippen LogP) is 4.58. The van der Waals surface area contributed by atoms with E-state index in [4.69, 9.17) is 9.47 Å². The number of pyridine rings is 1. The zero-order valence-electron chi connectivity index (χ0n) is 16.7. The van der Waals surface area contributed by atoms with Crippen LogP contribution in [0, 0.1) is 31.4 Å². The van der Waals surface area contributed by atoms with E-state index in [0.717, 1.165) is 15.9 Å². The van der Waals surface area contributed by atoms with Gasteiger partial charge in [0, 0.05) is 11.6 Å². The molecule has 1 aromatic heterocycles. The van der Waals surface area contributed by atoms with Crippen molar-refractivity contribution >= 4 is 0 Å². The molecule has 0 radical (unpaired) electrons. The highest BCUT2D eigenvalue weighted by Crippen LogP contribution is 2.37. The van der Waals surface area contributed by atoms with Crippen molar-refractivity contribution in [3.8, 4) is 0 Å². The van der Waals surface area contributed by atoms with Crippen LogP contribution in [0.3, 0.4) is 0 Å². The number of nitrogens with zero attached hydrogens (tertiary/aromatic N) is 1. The standard InChI is InChI=1S/C22H29NO3/c1-14-7-15(2)19(16(3)8-14)13-26-21(22(4,5)6)20-9-17-11-25-12-18(17)10-23(20)24/h7-10,21H,11-13H2,1-6H3/t21-/m1/s1. The fourth-order valence-corrected chi connectivity index (χ4v) is 3.74. The van der Waals surface area contributed by atoms with Gasteiger partial charge in [0.05, 0.1) is 19.8 Å². The smallest absolute Gasteiger partial charge is 0.222 e. The van der Waals surface area contributed by atoms with Crippen molar-refractivity contribution < 1.29 is 14.2 Å². The van der Waals surface area contributed by atoms with Gasteiger partial charge in [-0.3, -0.25) is 0 Å². The van der Waals surface area contributed by atoms with Crippen LogP contribution in [-0.4, -0.2) is 0 Å². The molecule has 0 bridgehead atoms. The topological polar surface area (TPSA) is 45.4 Å². The van der Waals surface area contributed by atoms with E-state index in [1.54, 1.807) is 6.20 Å². The van der Waals surface area contributed by atoms with Crippen LogP contribution >= 0.6 is 0 Å². The SMILES string of the molecule is Cc1cc(C)c(CO[C@H](c2cc3c(c[n+]2[O-])COC3)C(C)(C)C)c(C)c1. The summed E-state index contributed by atoms with van der Waals surface area (Å²) in [6.07, 6.45) is 1.34. The summed E-state index contributed by atoms with van der Waals surface area (Å²) in [6, 6.07) is 6.32. The van der Waals surface area contributed by atoms with Gasteiger partial charge in [0.1, 0.15) is 6.10 Å². The molecular weight excluding hydrogens is 326 g/mol. The average Bonchev–Trinajstić information content (AvgIpc) is 2.95. The monoisotopic (exact) mass is 355 g/mol. The fourth-order valence-electron chi connectivity index (χ4n) is 3.74. The Morgan fingerprint density at radius 2 is 1.69 bits per heavy atom. The molecule has 4 nitrogen and oxygen atoms in total. The molecule has 140 valence electrons. The zero-order valence-corrected chi connectivity index (χ0v) is 16.7. The fraction of sp³-hybridized carbons (Fsp3) is 0.500. The van der Waals surface area contributed by atoms with Crippen LogP contribution in [0.5, 0.6) is 0 Å². The highest BCUT2D eigenvalue weighted by Gasteiger charge is 2.35. The van der Waals surface area contributed by atoms with Gasteiger partial charge in [-0.2, -0.15) is 4.73 Å². The van der Waals surface area contributed by atoms with Crippen molar-refractivity contribution in [1.29, 1.82) is 0 Å². The molecule has 26 heavy (non-hydrogen) atoms. The highest BCUT2D eigenvalue weighted by atomic mass is 16.5. The minimum absolute atomic E-state index is 0.202. The summed E-state index contributed by atoms with van der Waals surface area (Å²) >= 11 is 0. The van der Waals surface area contributed by atoms with E-state index in [0.29, 0.717) is 25.5 Å². The van der Waals surface area contributed by atoms with E-state index in [2.05, 4.69) is 53.7 Å². The molecule has 0 saturated carbocycles. The molecule has 1 aromatic carbocycles. The molecular formula is C22H29NO3. The molecule has 0 amide bonds. The van der Waals surface area contributed by atoms with E-state index < -0.39 is 0 Å². The van der Waals surface area contributed by atoms with Crippen LogP contribution in [0.1, 0.15) is 65.9 Å². The van der Waals surface area contributed by atoms with Gasteiger partial charge >= 0.3 is 0 Å². The molecule has 2 aromatic rings. The van der Waals surface area contributed by atoms with Gasteiger partial charge in [-0.1, -0.05) is 38.5 Å². The van der Waals surface area contributed by atoms with Crippen molar-refractivity contribution in [3.05, 3.63) is 68.7 Å². The van der Waals surface area contributed by atoms with Gasteiger partial charge in [-0.25, -0.2) is 0 Å². The summed E-state index contributed by atoms with van der Waals surface area (Å²) in [7, 11) is 0. The molecule has 0 saturated heterocycles. The lowest BCUT2D eigenvalue weighted by atomic mass is 9.86. The maximum Gasteiger partial charge on any atom is 0.222 e. The largest absolute Gasteiger partial charge is 0.618 e. The first-order valence-electron chi connectivity index (χ1n) is 9.17. The number of aryl methyl sites for hydroxylation is 3. The molecule has 0 spiro atoms. The quantitative estimate of drug-likeness (QED) is 0.596. The molecule has 1 aliphatic heterocycles. The number of aromatic nitrogens is 1. The van der Waals surface area contributed by atoms with Gasteiger partial charge in [0.25, 0.3) is 0 Å². The summed E-state index contributed by atoms with van der Waals surface area (Å²) in [6.45, 7) is 14.2. The normalized spacial score (nSPS) is 15.2. The van der Waals surface area contributed by atoms with Gasteiger partial charge in [-0.15, -0.1) is 0 Å². The van der Waals surface area contributed by atoms with E-state index in [-0.39, 0.29) is 11.5 Å². The van der Waals surface area contributed by atoms with E-state index in [1.165, 1.54) is 22.3 Å². The van der Waals surface area contributed by atoms with Crippen molar-refractivity contribution in [1.82, 2.24) is 0 Å². The zero-order chi connectivity index (χ0) is 19.1. The van der Waals surface area contributed by atoms with E-state index in [9.17, 15) is 5.21 Å². The first-order chi connectivity index (χ1) is 12.2. The molecule has 4 heteroatoms. The van der Waals surface area contributed by atoms with Crippen molar-refractivity contribution in [3.63, 3.8) is 0 Å². The van der Waals surface area contributed by atoms with Crippen LogP contribution in [0.15, 0.2) is 24.4 Å². The Labute approximate surface area is 156 Å². The summed E-state index contributed by atoms with van der Waals surface area (Å²) in [5, 5.41) is 12.6. The Morgan fingerprint density at radius 1 is 1.08 bits per heavy atom. The highest BCUT2D eigenvalue weighted by molar-refractivity contribution is 5.37. The Morgan fingerprint density at radius 3 is 2.31 bits per heavy atom. The van der Waals surface area contributed by atoms with Gasteiger partial charge in [0.15, 0.2) is 6.20 Å². The molecule has 1 atom stereocenters. The minimum atomic E-state index is -0.300. The second kappa shape index (κ2) is 7.01. The third-order valence-electron chi connectivity index (χ3n) is 5.07. The lowest BCUT2D eigenvalue weighted by molar-refractivity contribution is -0.620. The molecule has 0 aliphatic carbocycles. The van der Waals surface area contributed by atoms with Crippen molar-refractivity contribution in [2.24, 2.45) is 5.41 Å². The molecule has 2 heterocycles. The molecule has 1 aliphatic rings.